The fourth-order valence-corrected chi connectivity index (χ4v) is 1.31. The lowest BCUT2D eigenvalue weighted by Gasteiger charge is -2.20. The molecule has 1 atom stereocenters. The van der Waals surface area contributed by atoms with Crippen molar-refractivity contribution in [1.29, 1.82) is 0 Å². The third kappa shape index (κ3) is 2.42. The molecule has 0 saturated carbocycles. The van der Waals surface area contributed by atoms with Crippen molar-refractivity contribution in [3.05, 3.63) is 12.3 Å². The van der Waals surface area contributed by atoms with Gasteiger partial charge in [0.1, 0.15) is 0 Å². The molecule has 0 radical (unpaired) electrons. The standard InChI is InChI=1S/C9H19N/c1-6-9(7(2)3)8(4)10-5/h7,9-10H,4,6H2,1-3,5H3. The molecule has 1 unspecified atom stereocenters. The van der Waals surface area contributed by atoms with Crippen molar-refractivity contribution in [2.45, 2.75) is 27.2 Å². The van der Waals surface area contributed by atoms with E-state index in [-0.39, 0.29) is 0 Å². The van der Waals surface area contributed by atoms with Gasteiger partial charge in [0, 0.05) is 18.7 Å². The highest BCUT2D eigenvalue weighted by molar-refractivity contribution is 4.97. The molecule has 0 aliphatic carbocycles. The molecule has 0 aliphatic heterocycles. The van der Waals surface area contributed by atoms with Crippen molar-refractivity contribution >= 4 is 0 Å². The minimum atomic E-state index is 0.630. The smallest absolute Gasteiger partial charge is 0.00650 e. The summed E-state index contributed by atoms with van der Waals surface area (Å²) >= 11 is 0. The molecule has 1 N–H and O–H groups in total. The molecule has 10 heavy (non-hydrogen) atoms. The van der Waals surface area contributed by atoms with Crippen LogP contribution >= 0.6 is 0 Å². The lowest BCUT2D eigenvalue weighted by Crippen LogP contribution is -2.19. The van der Waals surface area contributed by atoms with Crippen LogP contribution in [0.2, 0.25) is 0 Å². The van der Waals surface area contributed by atoms with E-state index in [0.29, 0.717) is 11.8 Å². The quantitative estimate of drug-likeness (QED) is 0.634. The van der Waals surface area contributed by atoms with Crippen molar-refractivity contribution in [3.8, 4) is 0 Å². The maximum atomic E-state index is 3.95. The molecule has 0 amide bonds. The van der Waals surface area contributed by atoms with Gasteiger partial charge in [-0.1, -0.05) is 27.4 Å². The highest BCUT2D eigenvalue weighted by atomic mass is 14.8. The van der Waals surface area contributed by atoms with Gasteiger partial charge in [0.25, 0.3) is 0 Å². The first-order valence-corrected chi connectivity index (χ1v) is 4.00. The largest absolute Gasteiger partial charge is 0.392 e. The van der Waals surface area contributed by atoms with Crippen molar-refractivity contribution < 1.29 is 0 Å². The minimum Gasteiger partial charge on any atom is -0.392 e. The molecule has 0 bridgehead atoms. The van der Waals surface area contributed by atoms with Crippen molar-refractivity contribution in [1.82, 2.24) is 5.32 Å². The molecule has 0 heterocycles. The Labute approximate surface area is 64.5 Å². The van der Waals surface area contributed by atoms with E-state index in [1.54, 1.807) is 0 Å². The van der Waals surface area contributed by atoms with E-state index < -0.39 is 0 Å². The van der Waals surface area contributed by atoms with Gasteiger partial charge in [-0.25, -0.2) is 0 Å². The van der Waals surface area contributed by atoms with Gasteiger partial charge in [0.05, 0.1) is 0 Å². The van der Waals surface area contributed by atoms with Crippen LogP contribution in [0.1, 0.15) is 27.2 Å². The molecule has 0 aromatic carbocycles. The summed E-state index contributed by atoms with van der Waals surface area (Å²) < 4.78 is 0. The average Bonchev–Trinajstić information content (AvgIpc) is 1.88. The van der Waals surface area contributed by atoms with Crippen LogP contribution in [0, 0.1) is 11.8 Å². The summed E-state index contributed by atoms with van der Waals surface area (Å²) in [5, 5.41) is 3.10. The SMILES string of the molecule is C=C(NC)C(CC)C(C)C. The molecule has 0 aromatic rings. The first-order valence-electron chi connectivity index (χ1n) is 4.00. The Balaban J connectivity index is 3.93. The summed E-state index contributed by atoms with van der Waals surface area (Å²) in [6.07, 6.45) is 1.18. The molecule has 0 aliphatic rings. The van der Waals surface area contributed by atoms with Crippen molar-refractivity contribution in [2.24, 2.45) is 11.8 Å². The first kappa shape index (κ1) is 9.54. The van der Waals surface area contributed by atoms with Crippen LogP contribution in [0.25, 0.3) is 0 Å². The Morgan fingerprint density at radius 1 is 1.50 bits per heavy atom. The van der Waals surface area contributed by atoms with E-state index in [0.717, 1.165) is 5.70 Å². The average molecular weight is 141 g/mol. The molecular formula is C9H19N. The Hall–Kier alpha value is -0.460. The second-order valence-corrected chi connectivity index (χ2v) is 3.03. The summed E-state index contributed by atoms with van der Waals surface area (Å²) in [6.45, 7) is 10.6. The van der Waals surface area contributed by atoms with Crippen LogP contribution in [0.3, 0.4) is 0 Å². The van der Waals surface area contributed by atoms with E-state index in [4.69, 9.17) is 0 Å². The third-order valence-electron chi connectivity index (χ3n) is 2.01. The van der Waals surface area contributed by atoms with Crippen molar-refractivity contribution in [3.63, 3.8) is 0 Å². The number of hydrogen-bond acceptors (Lipinski definition) is 1. The van der Waals surface area contributed by atoms with Crippen LogP contribution in [0.5, 0.6) is 0 Å². The summed E-state index contributed by atoms with van der Waals surface area (Å²) in [5.74, 6) is 1.33. The summed E-state index contributed by atoms with van der Waals surface area (Å²) in [5.41, 5.74) is 1.16. The summed E-state index contributed by atoms with van der Waals surface area (Å²) in [6, 6.07) is 0. The van der Waals surface area contributed by atoms with Gasteiger partial charge in [0.15, 0.2) is 0 Å². The number of allylic oxidation sites excluding steroid dienone is 1. The molecule has 0 spiro atoms. The lowest BCUT2D eigenvalue weighted by atomic mass is 9.91. The lowest BCUT2D eigenvalue weighted by molar-refractivity contribution is 0.415. The minimum absolute atomic E-state index is 0.630. The van der Waals surface area contributed by atoms with Gasteiger partial charge in [-0.15, -0.1) is 0 Å². The zero-order valence-corrected chi connectivity index (χ0v) is 7.57. The zero-order valence-electron chi connectivity index (χ0n) is 7.57. The molecule has 0 rings (SSSR count). The molecule has 1 nitrogen and oxygen atoms in total. The fraction of sp³-hybridized carbons (Fsp3) is 0.778. The topological polar surface area (TPSA) is 12.0 Å². The van der Waals surface area contributed by atoms with Crippen LogP contribution in [-0.4, -0.2) is 7.05 Å². The Morgan fingerprint density at radius 3 is 2.10 bits per heavy atom. The van der Waals surface area contributed by atoms with E-state index in [1.807, 2.05) is 7.05 Å². The Kier molecular flexibility index (Phi) is 4.17. The third-order valence-corrected chi connectivity index (χ3v) is 2.01. The number of nitrogens with one attached hydrogen (secondary N) is 1. The predicted octanol–water partition coefficient (Wildman–Crippen LogP) is 2.40. The number of hydrogen-bond donors (Lipinski definition) is 1. The maximum absolute atomic E-state index is 3.95. The molecule has 1 heteroatoms. The summed E-state index contributed by atoms with van der Waals surface area (Å²) in [7, 11) is 1.94. The van der Waals surface area contributed by atoms with Gasteiger partial charge in [-0.3, -0.25) is 0 Å². The van der Waals surface area contributed by atoms with Gasteiger partial charge in [-0.2, -0.15) is 0 Å². The van der Waals surface area contributed by atoms with Crippen molar-refractivity contribution in [2.75, 3.05) is 7.05 Å². The molecular weight excluding hydrogens is 122 g/mol. The van der Waals surface area contributed by atoms with Gasteiger partial charge >= 0.3 is 0 Å². The Bertz CT molecular complexity index is 105. The van der Waals surface area contributed by atoms with E-state index >= 15 is 0 Å². The zero-order chi connectivity index (χ0) is 8.15. The van der Waals surface area contributed by atoms with Gasteiger partial charge in [-0.05, 0) is 12.3 Å². The number of rotatable bonds is 4. The first-order chi connectivity index (χ1) is 4.63. The molecule has 0 saturated heterocycles. The van der Waals surface area contributed by atoms with E-state index in [9.17, 15) is 0 Å². The van der Waals surface area contributed by atoms with Gasteiger partial charge < -0.3 is 5.32 Å². The Morgan fingerprint density at radius 2 is 2.00 bits per heavy atom. The van der Waals surface area contributed by atoms with Gasteiger partial charge in [0.2, 0.25) is 0 Å². The van der Waals surface area contributed by atoms with E-state index in [1.165, 1.54) is 6.42 Å². The second-order valence-electron chi connectivity index (χ2n) is 3.03. The monoisotopic (exact) mass is 141 g/mol. The maximum Gasteiger partial charge on any atom is 0.00650 e. The van der Waals surface area contributed by atoms with Crippen LogP contribution in [0.4, 0.5) is 0 Å². The highest BCUT2D eigenvalue weighted by Gasteiger charge is 2.12. The normalized spacial score (nSPS) is 13.3. The van der Waals surface area contributed by atoms with Crippen LogP contribution < -0.4 is 5.32 Å². The second kappa shape index (κ2) is 4.37. The van der Waals surface area contributed by atoms with Crippen LogP contribution in [0.15, 0.2) is 12.3 Å². The highest BCUT2D eigenvalue weighted by Crippen LogP contribution is 2.19. The van der Waals surface area contributed by atoms with Crippen LogP contribution in [-0.2, 0) is 0 Å². The molecule has 0 fully saturated rings. The predicted molar refractivity (Wildman–Crippen MR) is 46.8 cm³/mol. The fourth-order valence-electron chi connectivity index (χ4n) is 1.31. The summed E-state index contributed by atoms with van der Waals surface area (Å²) in [4.78, 5) is 0. The molecule has 60 valence electrons. The molecule has 0 aromatic heterocycles. The van der Waals surface area contributed by atoms with E-state index in [2.05, 4.69) is 32.7 Å².